The number of nitrogens with one attached hydrogen (secondary N) is 1. The van der Waals surface area contributed by atoms with E-state index in [1.165, 1.54) is 0 Å². The van der Waals surface area contributed by atoms with E-state index in [0.717, 1.165) is 23.9 Å². The number of imidazole rings is 1. The van der Waals surface area contributed by atoms with Gasteiger partial charge in [-0.15, -0.1) is 0 Å². The number of nitrogens with two attached hydrogens (primary N) is 1. The SMILES string of the molecule is CCCC(C(=O)NN)n1cnc2ccccc21. The summed E-state index contributed by atoms with van der Waals surface area (Å²) in [5.74, 6) is 5.03. The molecule has 1 unspecified atom stereocenters. The molecule has 0 aliphatic rings. The van der Waals surface area contributed by atoms with E-state index in [4.69, 9.17) is 5.84 Å². The van der Waals surface area contributed by atoms with Gasteiger partial charge in [0.15, 0.2) is 0 Å². The van der Waals surface area contributed by atoms with E-state index in [1.54, 1.807) is 6.33 Å². The number of carbonyl (C=O) groups excluding carboxylic acids is 1. The predicted molar refractivity (Wildman–Crippen MR) is 66.0 cm³/mol. The van der Waals surface area contributed by atoms with E-state index in [-0.39, 0.29) is 11.9 Å². The molecule has 17 heavy (non-hydrogen) atoms. The summed E-state index contributed by atoms with van der Waals surface area (Å²) in [4.78, 5) is 16.0. The zero-order valence-electron chi connectivity index (χ0n) is 9.76. The van der Waals surface area contributed by atoms with E-state index in [9.17, 15) is 4.79 Å². The second-order valence-electron chi connectivity index (χ2n) is 3.95. The fourth-order valence-corrected chi connectivity index (χ4v) is 1.99. The number of hydrogen-bond donors (Lipinski definition) is 2. The number of aromatic nitrogens is 2. The summed E-state index contributed by atoms with van der Waals surface area (Å²) in [7, 11) is 0. The third kappa shape index (κ3) is 2.14. The average molecular weight is 232 g/mol. The van der Waals surface area contributed by atoms with Gasteiger partial charge < -0.3 is 4.57 Å². The maximum Gasteiger partial charge on any atom is 0.256 e. The molecule has 2 aromatic rings. The van der Waals surface area contributed by atoms with Crippen molar-refractivity contribution in [2.45, 2.75) is 25.8 Å². The van der Waals surface area contributed by atoms with Gasteiger partial charge in [0.1, 0.15) is 6.04 Å². The number of hydrogen-bond acceptors (Lipinski definition) is 3. The largest absolute Gasteiger partial charge is 0.318 e. The third-order valence-corrected chi connectivity index (χ3v) is 2.82. The molecule has 0 radical (unpaired) electrons. The lowest BCUT2D eigenvalue weighted by Crippen LogP contribution is -2.37. The van der Waals surface area contributed by atoms with Crippen LogP contribution in [0.3, 0.4) is 0 Å². The van der Waals surface area contributed by atoms with Gasteiger partial charge in [-0.05, 0) is 18.6 Å². The highest BCUT2D eigenvalue weighted by Crippen LogP contribution is 2.21. The molecule has 5 nitrogen and oxygen atoms in total. The van der Waals surface area contributed by atoms with Crippen molar-refractivity contribution in [1.82, 2.24) is 15.0 Å². The number of fused-ring (bicyclic) bond motifs is 1. The van der Waals surface area contributed by atoms with Crippen LogP contribution in [0.25, 0.3) is 11.0 Å². The molecule has 1 aromatic carbocycles. The van der Waals surface area contributed by atoms with Crippen LogP contribution < -0.4 is 11.3 Å². The number of carbonyl (C=O) groups is 1. The molecule has 1 heterocycles. The van der Waals surface area contributed by atoms with Gasteiger partial charge in [-0.25, -0.2) is 10.8 Å². The molecular weight excluding hydrogens is 216 g/mol. The first-order chi connectivity index (χ1) is 8.27. The maximum atomic E-state index is 11.8. The van der Waals surface area contributed by atoms with Gasteiger partial charge in [0.25, 0.3) is 5.91 Å². The third-order valence-electron chi connectivity index (χ3n) is 2.82. The van der Waals surface area contributed by atoms with Crippen molar-refractivity contribution in [3.05, 3.63) is 30.6 Å². The van der Waals surface area contributed by atoms with E-state index < -0.39 is 0 Å². The van der Waals surface area contributed by atoms with Crippen LogP contribution in [-0.4, -0.2) is 15.5 Å². The lowest BCUT2D eigenvalue weighted by atomic mass is 10.1. The monoisotopic (exact) mass is 232 g/mol. The van der Waals surface area contributed by atoms with E-state index in [0.29, 0.717) is 0 Å². The molecule has 90 valence electrons. The molecule has 0 saturated heterocycles. The Labute approximate surface area is 99.6 Å². The minimum Gasteiger partial charge on any atom is -0.318 e. The molecule has 0 bridgehead atoms. The number of rotatable bonds is 4. The lowest BCUT2D eigenvalue weighted by molar-refractivity contribution is -0.124. The van der Waals surface area contributed by atoms with Gasteiger partial charge in [-0.2, -0.15) is 0 Å². The van der Waals surface area contributed by atoms with Crippen molar-refractivity contribution in [1.29, 1.82) is 0 Å². The van der Waals surface area contributed by atoms with Crippen molar-refractivity contribution in [2.75, 3.05) is 0 Å². The standard InChI is InChI=1S/C12H16N4O/c1-2-5-11(12(17)15-13)16-8-14-9-6-3-4-7-10(9)16/h3-4,6-8,11H,2,5,13H2,1H3,(H,15,17). The number of para-hydroxylation sites is 2. The molecule has 0 aliphatic carbocycles. The zero-order valence-corrected chi connectivity index (χ0v) is 9.76. The Bertz CT molecular complexity index is 520. The summed E-state index contributed by atoms with van der Waals surface area (Å²) in [5, 5.41) is 0. The van der Waals surface area contributed by atoms with Crippen LogP contribution in [0.1, 0.15) is 25.8 Å². The van der Waals surface area contributed by atoms with Crippen LogP contribution in [0.15, 0.2) is 30.6 Å². The first kappa shape index (κ1) is 11.6. The summed E-state index contributed by atoms with van der Waals surface area (Å²) in [6.45, 7) is 2.04. The lowest BCUT2D eigenvalue weighted by Gasteiger charge is -2.16. The Kier molecular flexibility index (Phi) is 3.39. The zero-order chi connectivity index (χ0) is 12.3. The second kappa shape index (κ2) is 4.97. The summed E-state index contributed by atoms with van der Waals surface area (Å²) in [5.41, 5.74) is 4.06. The van der Waals surface area contributed by atoms with Gasteiger partial charge >= 0.3 is 0 Å². The van der Waals surface area contributed by atoms with Crippen LogP contribution in [0.5, 0.6) is 0 Å². The van der Waals surface area contributed by atoms with Crippen molar-refractivity contribution in [2.24, 2.45) is 5.84 Å². The normalized spacial score (nSPS) is 12.6. The quantitative estimate of drug-likeness (QED) is 0.475. The Morgan fingerprint density at radius 1 is 1.53 bits per heavy atom. The smallest absolute Gasteiger partial charge is 0.256 e. The number of amides is 1. The highest BCUT2D eigenvalue weighted by molar-refractivity contribution is 5.83. The molecule has 0 aliphatic heterocycles. The number of hydrazine groups is 1. The van der Waals surface area contributed by atoms with Crippen LogP contribution >= 0.6 is 0 Å². The Morgan fingerprint density at radius 3 is 3.00 bits per heavy atom. The molecule has 2 rings (SSSR count). The van der Waals surface area contributed by atoms with E-state index in [1.807, 2.05) is 35.8 Å². The van der Waals surface area contributed by atoms with E-state index in [2.05, 4.69) is 10.4 Å². The topological polar surface area (TPSA) is 72.9 Å². The van der Waals surface area contributed by atoms with E-state index >= 15 is 0 Å². The molecule has 0 fully saturated rings. The molecule has 5 heteroatoms. The maximum absolute atomic E-state index is 11.8. The summed E-state index contributed by atoms with van der Waals surface area (Å²) < 4.78 is 1.88. The first-order valence-corrected chi connectivity index (χ1v) is 5.70. The fourth-order valence-electron chi connectivity index (χ4n) is 1.99. The van der Waals surface area contributed by atoms with Crippen LogP contribution in [0, 0.1) is 0 Å². The molecule has 1 aromatic heterocycles. The van der Waals surface area contributed by atoms with Gasteiger partial charge in [-0.1, -0.05) is 25.5 Å². The molecule has 3 N–H and O–H groups in total. The molecule has 0 saturated carbocycles. The van der Waals surface area contributed by atoms with Gasteiger partial charge in [0.2, 0.25) is 0 Å². The van der Waals surface area contributed by atoms with Crippen molar-refractivity contribution in [3.8, 4) is 0 Å². The second-order valence-corrected chi connectivity index (χ2v) is 3.95. The summed E-state index contributed by atoms with van der Waals surface area (Å²) in [6, 6.07) is 7.45. The molecule has 0 spiro atoms. The first-order valence-electron chi connectivity index (χ1n) is 5.70. The number of nitrogens with zero attached hydrogens (tertiary/aromatic N) is 2. The van der Waals surface area contributed by atoms with Crippen molar-refractivity contribution < 1.29 is 4.79 Å². The average Bonchev–Trinajstić information content (AvgIpc) is 2.79. The Hall–Kier alpha value is -1.88. The number of benzene rings is 1. The molecule has 1 atom stereocenters. The summed E-state index contributed by atoms with van der Waals surface area (Å²) >= 11 is 0. The van der Waals surface area contributed by atoms with Crippen molar-refractivity contribution >= 4 is 16.9 Å². The van der Waals surface area contributed by atoms with Crippen LogP contribution in [0.2, 0.25) is 0 Å². The Morgan fingerprint density at radius 2 is 2.29 bits per heavy atom. The minimum atomic E-state index is -0.294. The van der Waals surface area contributed by atoms with Crippen LogP contribution in [0.4, 0.5) is 0 Å². The van der Waals surface area contributed by atoms with Crippen LogP contribution in [-0.2, 0) is 4.79 Å². The van der Waals surface area contributed by atoms with Gasteiger partial charge in [-0.3, -0.25) is 10.2 Å². The van der Waals surface area contributed by atoms with Gasteiger partial charge in [0.05, 0.1) is 17.4 Å². The van der Waals surface area contributed by atoms with Gasteiger partial charge in [0, 0.05) is 0 Å². The van der Waals surface area contributed by atoms with Crippen molar-refractivity contribution in [3.63, 3.8) is 0 Å². The summed E-state index contributed by atoms with van der Waals surface area (Å²) in [6.07, 6.45) is 3.34. The fraction of sp³-hybridized carbons (Fsp3) is 0.333. The molecule has 1 amide bonds. The highest BCUT2D eigenvalue weighted by Gasteiger charge is 2.20. The minimum absolute atomic E-state index is 0.185. The Balaban J connectivity index is 2.45. The predicted octanol–water partition coefficient (Wildman–Crippen LogP) is 1.37. The molecular formula is C12H16N4O. The highest BCUT2D eigenvalue weighted by atomic mass is 16.2.